The molecule has 1 rings (SSSR count). The average Bonchev–Trinajstić information content (AvgIpc) is 2.50. The van der Waals surface area contributed by atoms with Crippen LogP contribution in [0.15, 0.2) is 0 Å². The van der Waals surface area contributed by atoms with Crippen molar-refractivity contribution in [3.63, 3.8) is 0 Å². The molecule has 14 heavy (non-hydrogen) atoms. The zero-order valence-corrected chi connectivity index (χ0v) is 8.92. The molecule has 4 heteroatoms. The molecule has 3 N–H and O–H groups in total. The summed E-state index contributed by atoms with van der Waals surface area (Å²) in [6.45, 7) is 4.03. The van der Waals surface area contributed by atoms with Crippen molar-refractivity contribution in [3.05, 3.63) is 0 Å². The lowest BCUT2D eigenvalue weighted by Gasteiger charge is -2.20. The first kappa shape index (κ1) is 11.3. The minimum Gasteiger partial charge on any atom is -0.396 e. The summed E-state index contributed by atoms with van der Waals surface area (Å²) >= 11 is 0. The molecule has 1 fully saturated rings. The first-order chi connectivity index (χ1) is 6.63. The highest BCUT2D eigenvalue weighted by Gasteiger charge is 2.27. The molecule has 0 aromatic carbocycles. The van der Waals surface area contributed by atoms with Crippen molar-refractivity contribution in [2.75, 3.05) is 6.61 Å². The van der Waals surface area contributed by atoms with Gasteiger partial charge in [0, 0.05) is 24.6 Å². The van der Waals surface area contributed by atoms with Crippen molar-refractivity contribution in [2.45, 2.75) is 45.2 Å². The van der Waals surface area contributed by atoms with Gasteiger partial charge in [-0.3, -0.25) is 0 Å². The summed E-state index contributed by atoms with van der Waals surface area (Å²) in [7, 11) is 0. The number of hydrogen-bond acceptors (Lipinski definition) is 2. The van der Waals surface area contributed by atoms with Gasteiger partial charge in [-0.05, 0) is 26.7 Å². The van der Waals surface area contributed by atoms with Crippen LogP contribution in [0.2, 0.25) is 0 Å². The van der Waals surface area contributed by atoms with Crippen LogP contribution in [0.4, 0.5) is 4.79 Å². The van der Waals surface area contributed by atoms with Gasteiger partial charge in [0.05, 0.1) is 0 Å². The maximum Gasteiger partial charge on any atom is 0.315 e. The third-order valence-electron chi connectivity index (χ3n) is 2.63. The Labute approximate surface area is 85.1 Å². The van der Waals surface area contributed by atoms with Gasteiger partial charge in [-0.2, -0.15) is 0 Å². The van der Waals surface area contributed by atoms with E-state index in [4.69, 9.17) is 5.11 Å². The Bertz CT molecular complexity index is 195. The zero-order valence-electron chi connectivity index (χ0n) is 8.92. The van der Waals surface area contributed by atoms with Crippen LogP contribution in [0.3, 0.4) is 0 Å². The van der Waals surface area contributed by atoms with Crippen LogP contribution < -0.4 is 10.6 Å². The number of urea groups is 1. The molecule has 1 aliphatic carbocycles. The van der Waals surface area contributed by atoms with Crippen LogP contribution in [-0.2, 0) is 0 Å². The Hall–Kier alpha value is -0.770. The van der Waals surface area contributed by atoms with Gasteiger partial charge in [0.1, 0.15) is 0 Å². The highest BCUT2D eigenvalue weighted by atomic mass is 16.3. The van der Waals surface area contributed by atoms with Crippen LogP contribution in [0, 0.1) is 5.92 Å². The smallest absolute Gasteiger partial charge is 0.315 e. The number of nitrogens with one attached hydrogen (secondary N) is 2. The summed E-state index contributed by atoms with van der Waals surface area (Å²) in [4.78, 5) is 11.4. The molecule has 0 aromatic heterocycles. The Morgan fingerprint density at radius 2 is 2.21 bits per heavy atom. The third kappa shape index (κ3) is 3.18. The molecular weight excluding hydrogens is 180 g/mol. The van der Waals surface area contributed by atoms with E-state index in [2.05, 4.69) is 10.6 Å². The third-order valence-corrected chi connectivity index (χ3v) is 2.63. The van der Waals surface area contributed by atoms with Gasteiger partial charge in [-0.25, -0.2) is 4.79 Å². The number of hydrogen-bond donors (Lipinski definition) is 3. The lowest BCUT2D eigenvalue weighted by Crippen LogP contribution is -2.46. The predicted molar refractivity (Wildman–Crippen MR) is 55.0 cm³/mol. The minimum absolute atomic E-state index is 0.120. The van der Waals surface area contributed by atoms with Gasteiger partial charge in [0.2, 0.25) is 0 Å². The van der Waals surface area contributed by atoms with Crippen molar-refractivity contribution >= 4 is 6.03 Å². The van der Waals surface area contributed by atoms with E-state index in [1.807, 2.05) is 13.8 Å². The largest absolute Gasteiger partial charge is 0.396 e. The summed E-state index contributed by atoms with van der Waals surface area (Å²) in [5, 5.41) is 14.7. The van der Waals surface area contributed by atoms with Gasteiger partial charge in [0.25, 0.3) is 0 Å². The number of rotatable bonds is 3. The molecule has 0 spiro atoms. The molecular formula is C10H20N2O2. The van der Waals surface area contributed by atoms with Crippen molar-refractivity contribution in [1.29, 1.82) is 0 Å². The maximum absolute atomic E-state index is 11.4. The topological polar surface area (TPSA) is 61.4 Å². The molecule has 1 saturated carbocycles. The van der Waals surface area contributed by atoms with Crippen LogP contribution in [0.5, 0.6) is 0 Å². The fraction of sp³-hybridized carbons (Fsp3) is 0.900. The number of carbonyl (C=O) groups excluding carboxylic acids is 1. The van der Waals surface area contributed by atoms with Gasteiger partial charge >= 0.3 is 6.03 Å². The van der Waals surface area contributed by atoms with E-state index in [0.717, 1.165) is 19.3 Å². The highest BCUT2D eigenvalue weighted by molar-refractivity contribution is 5.74. The molecule has 0 aromatic rings. The number of aliphatic hydroxyl groups excluding tert-OH is 1. The van der Waals surface area contributed by atoms with Crippen LogP contribution in [0.25, 0.3) is 0 Å². The standard InChI is InChI=1S/C10H20N2O2/c1-7(2)11-10(14)12-9-5-3-4-8(9)6-13/h7-9,13H,3-6H2,1-2H3,(H2,11,12,14). The molecule has 0 radical (unpaired) electrons. The fourth-order valence-corrected chi connectivity index (χ4v) is 1.92. The Balaban J connectivity index is 2.32. The number of amides is 2. The molecule has 0 heterocycles. The van der Waals surface area contributed by atoms with Crippen molar-refractivity contribution in [1.82, 2.24) is 10.6 Å². The summed E-state index contributed by atoms with van der Waals surface area (Å²) < 4.78 is 0. The van der Waals surface area contributed by atoms with Gasteiger partial charge in [-0.1, -0.05) is 6.42 Å². The maximum atomic E-state index is 11.4. The first-order valence-corrected chi connectivity index (χ1v) is 5.31. The van der Waals surface area contributed by atoms with Crippen LogP contribution in [-0.4, -0.2) is 29.8 Å². The lowest BCUT2D eigenvalue weighted by atomic mass is 10.1. The second-order valence-corrected chi connectivity index (χ2v) is 4.25. The molecule has 2 unspecified atom stereocenters. The van der Waals surface area contributed by atoms with E-state index in [1.165, 1.54) is 0 Å². The van der Waals surface area contributed by atoms with E-state index < -0.39 is 0 Å². The van der Waals surface area contributed by atoms with Crippen molar-refractivity contribution in [3.8, 4) is 0 Å². The molecule has 2 atom stereocenters. The number of carbonyl (C=O) groups is 1. The molecule has 0 saturated heterocycles. The highest BCUT2D eigenvalue weighted by Crippen LogP contribution is 2.24. The van der Waals surface area contributed by atoms with Crippen LogP contribution >= 0.6 is 0 Å². The average molecular weight is 200 g/mol. The molecule has 82 valence electrons. The summed E-state index contributed by atoms with van der Waals surface area (Å²) in [6.07, 6.45) is 3.09. The predicted octanol–water partition coefficient (Wildman–Crippen LogP) is 0.855. The normalized spacial score (nSPS) is 26.6. The summed E-state index contributed by atoms with van der Waals surface area (Å²) in [5.74, 6) is 0.243. The van der Waals surface area contributed by atoms with Crippen molar-refractivity contribution < 1.29 is 9.90 Å². The van der Waals surface area contributed by atoms with Crippen molar-refractivity contribution in [2.24, 2.45) is 5.92 Å². The van der Waals surface area contributed by atoms with E-state index in [0.29, 0.717) is 0 Å². The van der Waals surface area contributed by atoms with Gasteiger partial charge < -0.3 is 15.7 Å². The molecule has 0 aliphatic heterocycles. The Morgan fingerprint density at radius 3 is 2.79 bits per heavy atom. The Morgan fingerprint density at radius 1 is 1.50 bits per heavy atom. The van der Waals surface area contributed by atoms with Crippen LogP contribution in [0.1, 0.15) is 33.1 Å². The van der Waals surface area contributed by atoms with E-state index in [-0.39, 0.29) is 30.6 Å². The lowest BCUT2D eigenvalue weighted by molar-refractivity contribution is 0.198. The fourth-order valence-electron chi connectivity index (χ4n) is 1.92. The first-order valence-electron chi connectivity index (χ1n) is 5.31. The van der Waals surface area contributed by atoms with Gasteiger partial charge in [0.15, 0.2) is 0 Å². The summed E-state index contributed by atoms with van der Waals surface area (Å²) in [6, 6.07) is 0.188. The quantitative estimate of drug-likeness (QED) is 0.632. The molecule has 1 aliphatic rings. The van der Waals surface area contributed by atoms with Gasteiger partial charge in [-0.15, -0.1) is 0 Å². The Kier molecular flexibility index (Phi) is 4.20. The van der Waals surface area contributed by atoms with E-state index in [1.54, 1.807) is 0 Å². The SMILES string of the molecule is CC(C)NC(=O)NC1CCCC1CO. The molecule has 4 nitrogen and oxygen atoms in total. The monoisotopic (exact) mass is 200 g/mol. The van der Waals surface area contributed by atoms with E-state index in [9.17, 15) is 4.79 Å². The zero-order chi connectivity index (χ0) is 10.6. The second kappa shape index (κ2) is 5.20. The summed E-state index contributed by atoms with van der Waals surface area (Å²) in [5.41, 5.74) is 0. The second-order valence-electron chi connectivity index (χ2n) is 4.25. The van der Waals surface area contributed by atoms with E-state index >= 15 is 0 Å². The number of aliphatic hydroxyl groups is 1. The molecule has 0 bridgehead atoms. The molecule has 2 amide bonds. The minimum atomic E-state index is -0.120.